The molecule has 1 aliphatic carbocycles. The van der Waals surface area contributed by atoms with Crippen molar-refractivity contribution in [2.75, 3.05) is 0 Å². The van der Waals surface area contributed by atoms with Crippen LogP contribution >= 0.6 is 0 Å². The maximum absolute atomic E-state index is 6.41. The van der Waals surface area contributed by atoms with Gasteiger partial charge in [0, 0.05) is 33.0 Å². The first kappa shape index (κ1) is 25.8. The van der Waals surface area contributed by atoms with Gasteiger partial charge in [-0.2, -0.15) is 0 Å². The van der Waals surface area contributed by atoms with Gasteiger partial charge in [-0.05, 0) is 57.3 Å². The Labute approximate surface area is 269 Å². The Morgan fingerprint density at radius 3 is 1.74 bits per heavy atom. The summed E-state index contributed by atoms with van der Waals surface area (Å²) in [6.45, 7) is 0. The molecule has 0 saturated heterocycles. The molecule has 10 rings (SSSR count). The smallest absolute Gasteiger partial charge is 0.227 e. The van der Waals surface area contributed by atoms with Crippen molar-refractivity contribution in [3.8, 4) is 67.7 Å². The Morgan fingerprint density at radius 2 is 1.02 bits per heavy atom. The van der Waals surface area contributed by atoms with E-state index in [1.165, 1.54) is 33.0 Å². The number of pyridine rings is 1. The molecular formula is C42H24N4O. The minimum absolute atomic E-state index is 0.580. The van der Waals surface area contributed by atoms with Gasteiger partial charge < -0.3 is 4.42 Å². The number of hydrogen-bond acceptors (Lipinski definition) is 5. The molecule has 0 fully saturated rings. The van der Waals surface area contributed by atoms with Crippen LogP contribution in [0.15, 0.2) is 150 Å². The molecule has 5 heteroatoms. The highest BCUT2D eigenvalue weighted by atomic mass is 16.3. The fraction of sp³-hybridized carbons (Fsp3) is 0. The number of nitrogens with zero attached hydrogens (tertiary/aromatic N) is 4. The summed E-state index contributed by atoms with van der Waals surface area (Å²) in [5.41, 5.74) is 11.0. The van der Waals surface area contributed by atoms with Crippen LogP contribution in [0.1, 0.15) is 0 Å². The molecule has 0 saturated carbocycles. The van der Waals surface area contributed by atoms with Crippen molar-refractivity contribution in [1.82, 2.24) is 19.9 Å². The highest BCUT2D eigenvalue weighted by Gasteiger charge is 2.22. The van der Waals surface area contributed by atoms with E-state index >= 15 is 0 Å². The van der Waals surface area contributed by atoms with E-state index in [-0.39, 0.29) is 0 Å². The SMILES string of the molecule is c1ccc(-c2nc(-c3ccccc3)nc(-c3cccc4oc5nc(-c6ccc7c(c6)-c6cccc8cccc-7c68)ccc5c34)n2)cc1. The van der Waals surface area contributed by atoms with E-state index in [2.05, 4.69) is 66.7 Å². The molecule has 0 amide bonds. The summed E-state index contributed by atoms with van der Waals surface area (Å²) in [5.74, 6) is 1.82. The number of rotatable bonds is 4. The lowest BCUT2D eigenvalue weighted by molar-refractivity contribution is 0.654. The fourth-order valence-electron chi connectivity index (χ4n) is 6.93. The Kier molecular flexibility index (Phi) is 5.51. The maximum atomic E-state index is 6.41. The minimum Gasteiger partial charge on any atom is -0.438 e. The van der Waals surface area contributed by atoms with Gasteiger partial charge in [0.15, 0.2) is 17.5 Å². The van der Waals surface area contributed by atoms with Gasteiger partial charge in [-0.3, -0.25) is 0 Å². The summed E-state index contributed by atoms with van der Waals surface area (Å²) in [6.07, 6.45) is 0. The van der Waals surface area contributed by atoms with E-state index in [0.717, 1.165) is 44.3 Å². The predicted molar refractivity (Wildman–Crippen MR) is 189 cm³/mol. The zero-order chi connectivity index (χ0) is 30.9. The Hall–Kier alpha value is -6.46. The molecule has 0 radical (unpaired) electrons. The summed E-state index contributed by atoms with van der Waals surface area (Å²) in [4.78, 5) is 19.9. The van der Waals surface area contributed by atoms with Crippen LogP contribution in [0.4, 0.5) is 0 Å². The molecule has 6 aromatic carbocycles. The first-order valence-electron chi connectivity index (χ1n) is 15.6. The van der Waals surface area contributed by atoms with Crippen LogP contribution in [0.2, 0.25) is 0 Å². The van der Waals surface area contributed by atoms with Gasteiger partial charge in [0.2, 0.25) is 5.71 Å². The lowest BCUT2D eigenvalue weighted by atomic mass is 9.99. The van der Waals surface area contributed by atoms with E-state index in [9.17, 15) is 0 Å². The second-order valence-electron chi connectivity index (χ2n) is 11.8. The molecule has 47 heavy (non-hydrogen) atoms. The third-order valence-electron chi connectivity index (χ3n) is 9.10. The highest BCUT2D eigenvalue weighted by molar-refractivity contribution is 6.16. The summed E-state index contributed by atoms with van der Waals surface area (Å²) < 4.78 is 6.41. The monoisotopic (exact) mass is 600 g/mol. The van der Waals surface area contributed by atoms with Crippen molar-refractivity contribution in [3.05, 3.63) is 146 Å². The van der Waals surface area contributed by atoms with E-state index in [1.807, 2.05) is 78.9 Å². The van der Waals surface area contributed by atoms with Crippen molar-refractivity contribution in [1.29, 1.82) is 0 Å². The Morgan fingerprint density at radius 1 is 0.383 bits per heavy atom. The lowest BCUT2D eigenvalue weighted by Crippen LogP contribution is -2.00. The number of furan rings is 1. The normalized spacial score (nSPS) is 11.8. The number of aromatic nitrogens is 4. The summed E-state index contributed by atoms with van der Waals surface area (Å²) >= 11 is 0. The molecule has 218 valence electrons. The third kappa shape index (κ3) is 4.03. The van der Waals surface area contributed by atoms with E-state index in [0.29, 0.717) is 23.2 Å². The topological polar surface area (TPSA) is 64.7 Å². The van der Waals surface area contributed by atoms with Gasteiger partial charge in [-0.25, -0.2) is 19.9 Å². The van der Waals surface area contributed by atoms with Crippen LogP contribution in [0.25, 0.3) is 101 Å². The highest BCUT2D eigenvalue weighted by Crippen LogP contribution is 2.48. The zero-order valence-electron chi connectivity index (χ0n) is 25.1. The summed E-state index contributed by atoms with van der Waals surface area (Å²) in [6, 6.07) is 49.9. The lowest BCUT2D eigenvalue weighted by Gasteiger charge is -2.09. The van der Waals surface area contributed by atoms with Crippen LogP contribution in [0.3, 0.4) is 0 Å². The molecule has 0 unspecified atom stereocenters. The van der Waals surface area contributed by atoms with Gasteiger partial charge in [-0.15, -0.1) is 0 Å². The van der Waals surface area contributed by atoms with Crippen molar-refractivity contribution >= 4 is 32.8 Å². The second-order valence-corrected chi connectivity index (χ2v) is 11.8. The van der Waals surface area contributed by atoms with Crippen LogP contribution in [0, 0.1) is 0 Å². The average molecular weight is 601 g/mol. The molecule has 5 nitrogen and oxygen atoms in total. The first-order valence-corrected chi connectivity index (χ1v) is 15.6. The minimum atomic E-state index is 0.580. The Bertz CT molecular complexity index is 2620. The summed E-state index contributed by atoms with van der Waals surface area (Å²) in [7, 11) is 0. The molecule has 0 N–H and O–H groups in total. The van der Waals surface area contributed by atoms with Gasteiger partial charge in [-0.1, -0.05) is 121 Å². The molecule has 0 bridgehead atoms. The average Bonchev–Trinajstić information content (AvgIpc) is 3.68. The van der Waals surface area contributed by atoms with Gasteiger partial charge in [0.05, 0.1) is 5.69 Å². The molecule has 0 spiro atoms. The van der Waals surface area contributed by atoms with Crippen LogP contribution < -0.4 is 0 Å². The molecule has 3 heterocycles. The van der Waals surface area contributed by atoms with Crippen molar-refractivity contribution in [3.63, 3.8) is 0 Å². The van der Waals surface area contributed by atoms with Crippen LogP contribution in [-0.2, 0) is 0 Å². The fourth-order valence-corrected chi connectivity index (χ4v) is 6.93. The summed E-state index contributed by atoms with van der Waals surface area (Å²) in [5, 5.41) is 4.43. The number of fused-ring (bicyclic) bond motifs is 6. The molecule has 3 aromatic heterocycles. The zero-order valence-corrected chi connectivity index (χ0v) is 25.1. The molecule has 0 aliphatic heterocycles. The maximum Gasteiger partial charge on any atom is 0.227 e. The van der Waals surface area contributed by atoms with Gasteiger partial charge >= 0.3 is 0 Å². The molecular weight excluding hydrogens is 576 g/mol. The van der Waals surface area contributed by atoms with Crippen molar-refractivity contribution < 1.29 is 4.42 Å². The van der Waals surface area contributed by atoms with Gasteiger partial charge in [0.25, 0.3) is 0 Å². The largest absolute Gasteiger partial charge is 0.438 e. The Balaban J connectivity index is 1.12. The van der Waals surface area contributed by atoms with E-state index in [4.69, 9.17) is 24.4 Å². The number of hydrogen-bond donors (Lipinski definition) is 0. The van der Waals surface area contributed by atoms with Crippen molar-refractivity contribution in [2.24, 2.45) is 0 Å². The second kappa shape index (κ2) is 10.0. The van der Waals surface area contributed by atoms with Crippen LogP contribution in [-0.4, -0.2) is 19.9 Å². The molecule has 9 aromatic rings. The molecule has 1 aliphatic rings. The quantitative estimate of drug-likeness (QED) is 0.201. The van der Waals surface area contributed by atoms with Crippen molar-refractivity contribution in [2.45, 2.75) is 0 Å². The predicted octanol–water partition coefficient (Wildman–Crippen LogP) is 10.6. The third-order valence-corrected chi connectivity index (χ3v) is 9.10. The molecule has 0 atom stereocenters. The number of benzene rings is 6. The standard InChI is InChI=1S/C42H24N4O/c1-3-10-26(11-4-1)39-44-40(27-12-5-2-6-13-27)46-41(45-39)32-18-9-19-36-38(32)33-22-23-35(43-42(33)47-36)28-20-21-29-30-16-7-14-25-15-8-17-31(37(25)30)34(29)24-28/h1-24H. The van der Waals surface area contributed by atoms with Crippen LogP contribution in [0.5, 0.6) is 0 Å². The van der Waals surface area contributed by atoms with E-state index < -0.39 is 0 Å². The first-order chi connectivity index (χ1) is 23.3. The van der Waals surface area contributed by atoms with Gasteiger partial charge in [0.1, 0.15) is 5.58 Å². The van der Waals surface area contributed by atoms with E-state index in [1.54, 1.807) is 0 Å².